The Labute approximate surface area is 150 Å². The Kier molecular flexibility index (Phi) is 4.64. The van der Waals surface area contributed by atoms with Gasteiger partial charge in [-0.25, -0.2) is 8.42 Å². The molecule has 0 N–H and O–H groups in total. The molecule has 1 saturated heterocycles. The average molecular weight is 362 g/mol. The zero-order valence-electron chi connectivity index (χ0n) is 15.6. The number of piperazine rings is 1. The molecule has 0 bridgehead atoms. The minimum absolute atomic E-state index is 0.357. The molecule has 0 atom stereocenters. The summed E-state index contributed by atoms with van der Waals surface area (Å²) in [5.41, 5.74) is 4.98. The van der Waals surface area contributed by atoms with Crippen LogP contribution >= 0.6 is 0 Å². The predicted octanol–water partition coefficient (Wildman–Crippen LogP) is 2.16. The van der Waals surface area contributed by atoms with Gasteiger partial charge in [-0.1, -0.05) is 12.1 Å². The fourth-order valence-electron chi connectivity index (χ4n) is 3.50. The maximum absolute atomic E-state index is 13.1. The molecule has 6 nitrogen and oxygen atoms in total. The Morgan fingerprint density at radius 1 is 1.00 bits per heavy atom. The summed E-state index contributed by atoms with van der Waals surface area (Å²) in [6.45, 7) is 10.2. The molecule has 136 valence electrons. The summed E-state index contributed by atoms with van der Waals surface area (Å²) in [6, 6.07) is 6.28. The van der Waals surface area contributed by atoms with Gasteiger partial charge in [0.15, 0.2) is 0 Å². The van der Waals surface area contributed by atoms with Gasteiger partial charge in [0.2, 0.25) is 10.0 Å². The Morgan fingerprint density at radius 3 is 2.20 bits per heavy atom. The predicted molar refractivity (Wildman–Crippen MR) is 99.6 cm³/mol. The van der Waals surface area contributed by atoms with Crippen LogP contribution in [-0.4, -0.2) is 48.7 Å². The summed E-state index contributed by atoms with van der Waals surface area (Å²) < 4.78 is 29.3. The molecule has 0 unspecified atom stereocenters. The lowest BCUT2D eigenvalue weighted by molar-refractivity contribution is 0.384. The summed E-state index contributed by atoms with van der Waals surface area (Å²) in [7, 11) is -1.73. The third-order valence-electron chi connectivity index (χ3n) is 5.20. The van der Waals surface area contributed by atoms with Gasteiger partial charge in [0.25, 0.3) is 0 Å². The number of anilines is 1. The van der Waals surface area contributed by atoms with Crippen LogP contribution < -0.4 is 4.90 Å². The molecule has 1 aromatic carbocycles. The van der Waals surface area contributed by atoms with Gasteiger partial charge in [-0.3, -0.25) is 4.68 Å². The summed E-state index contributed by atoms with van der Waals surface area (Å²) in [5.74, 6) is 0. The average Bonchev–Trinajstić information content (AvgIpc) is 2.83. The second-order valence-electron chi connectivity index (χ2n) is 6.73. The van der Waals surface area contributed by atoms with Gasteiger partial charge in [0, 0.05) is 38.9 Å². The van der Waals surface area contributed by atoms with Crippen molar-refractivity contribution in [3.8, 4) is 0 Å². The SMILES string of the molecule is Cc1cccc(N2CCN(S(=O)(=O)c3c(C)nn(C)c3C)CC2)c1C. The quantitative estimate of drug-likeness (QED) is 0.840. The lowest BCUT2D eigenvalue weighted by Crippen LogP contribution is -2.49. The van der Waals surface area contributed by atoms with Crippen LogP contribution in [0.4, 0.5) is 5.69 Å². The normalized spacial score (nSPS) is 16.4. The first-order chi connectivity index (χ1) is 11.7. The van der Waals surface area contributed by atoms with Crippen LogP contribution in [0.1, 0.15) is 22.5 Å². The van der Waals surface area contributed by atoms with E-state index in [0.717, 1.165) is 0 Å². The Morgan fingerprint density at radius 2 is 1.64 bits per heavy atom. The zero-order valence-corrected chi connectivity index (χ0v) is 16.4. The first kappa shape index (κ1) is 17.9. The van der Waals surface area contributed by atoms with Crippen molar-refractivity contribution in [2.75, 3.05) is 31.1 Å². The number of rotatable bonds is 3. The molecule has 25 heavy (non-hydrogen) atoms. The van der Waals surface area contributed by atoms with Crippen LogP contribution in [0.15, 0.2) is 23.1 Å². The molecule has 1 fully saturated rings. The van der Waals surface area contributed by atoms with E-state index in [1.54, 1.807) is 29.9 Å². The number of benzene rings is 1. The largest absolute Gasteiger partial charge is 0.369 e. The third kappa shape index (κ3) is 3.06. The molecule has 0 spiro atoms. The molecular weight excluding hydrogens is 336 g/mol. The van der Waals surface area contributed by atoms with Crippen molar-refractivity contribution in [1.82, 2.24) is 14.1 Å². The first-order valence-corrected chi connectivity index (χ1v) is 9.99. The van der Waals surface area contributed by atoms with Gasteiger partial charge in [-0.05, 0) is 44.9 Å². The van der Waals surface area contributed by atoms with Gasteiger partial charge in [0.05, 0.1) is 11.4 Å². The van der Waals surface area contributed by atoms with Crippen LogP contribution in [0.2, 0.25) is 0 Å². The molecule has 0 amide bonds. The van der Waals surface area contributed by atoms with Crippen molar-refractivity contribution in [2.45, 2.75) is 32.6 Å². The molecule has 7 heteroatoms. The van der Waals surface area contributed by atoms with Gasteiger partial charge < -0.3 is 4.90 Å². The molecule has 1 aliphatic heterocycles. The molecule has 0 aliphatic carbocycles. The minimum Gasteiger partial charge on any atom is -0.369 e. The van der Waals surface area contributed by atoms with E-state index < -0.39 is 10.0 Å². The second-order valence-corrected chi connectivity index (χ2v) is 8.61. The monoisotopic (exact) mass is 362 g/mol. The van der Waals surface area contributed by atoms with Crippen LogP contribution in [0.25, 0.3) is 0 Å². The fourth-order valence-corrected chi connectivity index (χ4v) is 5.33. The number of hydrogen-bond donors (Lipinski definition) is 0. The van der Waals surface area contributed by atoms with E-state index in [-0.39, 0.29) is 0 Å². The first-order valence-electron chi connectivity index (χ1n) is 8.55. The maximum Gasteiger partial charge on any atom is 0.246 e. The van der Waals surface area contributed by atoms with Gasteiger partial charge in [0.1, 0.15) is 4.90 Å². The number of aryl methyl sites for hydroxylation is 3. The van der Waals surface area contributed by atoms with Crippen LogP contribution in [0.3, 0.4) is 0 Å². The van der Waals surface area contributed by atoms with Gasteiger partial charge in [-0.2, -0.15) is 9.40 Å². The number of hydrogen-bond acceptors (Lipinski definition) is 4. The fraction of sp³-hybridized carbons (Fsp3) is 0.500. The number of nitrogens with zero attached hydrogens (tertiary/aromatic N) is 4. The molecule has 0 radical (unpaired) electrons. The lowest BCUT2D eigenvalue weighted by Gasteiger charge is -2.36. The van der Waals surface area contributed by atoms with Crippen LogP contribution in [0.5, 0.6) is 0 Å². The van der Waals surface area contributed by atoms with E-state index in [1.165, 1.54) is 16.8 Å². The summed E-state index contributed by atoms with van der Waals surface area (Å²) in [4.78, 5) is 2.63. The topological polar surface area (TPSA) is 58.4 Å². The highest BCUT2D eigenvalue weighted by Crippen LogP contribution is 2.27. The van der Waals surface area contributed by atoms with E-state index in [2.05, 4.69) is 42.0 Å². The molecule has 3 rings (SSSR count). The van der Waals surface area contributed by atoms with Gasteiger partial charge in [-0.15, -0.1) is 0 Å². The summed E-state index contributed by atoms with van der Waals surface area (Å²) >= 11 is 0. The maximum atomic E-state index is 13.1. The van der Waals surface area contributed by atoms with E-state index in [9.17, 15) is 8.42 Å². The molecule has 2 aromatic rings. The van der Waals surface area contributed by atoms with Crippen molar-refractivity contribution in [3.05, 3.63) is 40.7 Å². The van der Waals surface area contributed by atoms with E-state index in [0.29, 0.717) is 42.5 Å². The molecule has 1 aliphatic rings. The number of sulfonamides is 1. The Hall–Kier alpha value is -1.86. The molecule has 0 saturated carbocycles. The lowest BCUT2D eigenvalue weighted by atomic mass is 10.1. The Balaban J connectivity index is 1.81. The summed E-state index contributed by atoms with van der Waals surface area (Å²) in [6.07, 6.45) is 0. The van der Waals surface area contributed by atoms with Gasteiger partial charge >= 0.3 is 0 Å². The van der Waals surface area contributed by atoms with E-state index in [4.69, 9.17) is 0 Å². The van der Waals surface area contributed by atoms with Crippen molar-refractivity contribution in [2.24, 2.45) is 7.05 Å². The van der Waals surface area contributed by atoms with E-state index >= 15 is 0 Å². The van der Waals surface area contributed by atoms with Crippen molar-refractivity contribution in [3.63, 3.8) is 0 Å². The van der Waals surface area contributed by atoms with E-state index in [1.807, 2.05) is 0 Å². The molecule has 2 heterocycles. The van der Waals surface area contributed by atoms with Crippen LogP contribution in [-0.2, 0) is 17.1 Å². The molecule has 1 aromatic heterocycles. The number of aromatic nitrogens is 2. The highest BCUT2D eigenvalue weighted by Gasteiger charge is 2.33. The van der Waals surface area contributed by atoms with Crippen molar-refractivity contribution in [1.29, 1.82) is 0 Å². The highest BCUT2D eigenvalue weighted by molar-refractivity contribution is 7.89. The van der Waals surface area contributed by atoms with Crippen molar-refractivity contribution >= 4 is 15.7 Å². The third-order valence-corrected chi connectivity index (χ3v) is 7.35. The van der Waals surface area contributed by atoms with Crippen molar-refractivity contribution < 1.29 is 8.42 Å². The van der Waals surface area contributed by atoms with Crippen LogP contribution in [0, 0.1) is 27.7 Å². The second kappa shape index (κ2) is 6.46. The Bertz CT molecular complexity index is 894. The molecular formula is C18H26N4O2S. The smallest absolute Gasteiger partial charge is 0.246 e. The minimum atomic E-state index is -3.50. The summed E-state index contributed by atoms with van der Waals surface area (Å²) in [5, 5.41) is 4.26. The zero-order chi connectivity index (χ0) is 18.4. The standard InChI is InChI=1S/C18H26N4O2S/c1-13-7-6-8-17(14(13)2)21-9-11-22(12-10-21)25(23,24)18-15(3)19-20(5)16(18)4/h6-8H,9-12H2,1-5H3. The highest BCUT2D eigenvalue weighted by atomic mass is 32.2.